The van der Waals surface area contributed by atoms with Crippen molar-refractivity contribution in [2.24, 2.45) is 0 Å². The van der Waals surface area contributed by atoms with E-state index < -0.39 is 27.2 Å². The van der Waals surface area contributed by atoms with Crippen molar-refractivity contribution in [3.63, 3.8) is 0 Å². The Morgan fingerprint density at radius 2 is 1.89 bits per heavy atom. The van der Waals surface area contributed by atoms with Crippen molar-refractivity contribution in [2.75, 3.05) is 0 Å². The van der Waals surface area contributed by atoms with Gasteiger partial charge in [0.2, 0.25) is 0 Å². The third kappa shape index (κ3) is 2.69. The highest BCUT2D eigenvalue weighted by atomic mass is 127. The maximum absolute atomic E-state index is 10.2. The van der Waals surface area contributed by atoms with E-state index in [1.807, 2.05) is 0 Å². The van der Waals surface area contributed by atoms with Crippen LogP contribution in [-0.2, 0) is 7.86 Å². The van der Waals surface area contributed by atoms with E-state index >= 15 is 0 Å². The van der Waals surface area contributed by atoms with E-state index in [1.54, 1.807) is 6.92 Å². The van der Waals surface area contributed by atoms with Crippen molar-refractivity contribution >= 4 is 27.2 Å². The van der Waals surface area contributed by atoms with Crippen molar-refractivity contribution in [2.45, 2.75) is 13.8 Å². The number of rotatable bonds is 2. The van der Waals surface area contributed by atoms with Gasteiger partial charge in [-0.15, -0.1) is 0 Å². The van der Waals surface area contributed by atoms with Crippen LogP contribution < -0.4 is 0 Å². The molecule has 52 valence electrons. The molecule has 0 rings (SSSR count). The van der Waals surface area contributed by atoms with Gasteiger partial charge in [0.05, 0.1) is 0 Å². The molecule has 0 aliphatic rings. The van der Waals surface area contributed by atoms with Crippen molar-refractivity contribution in [1.29, 1.82) is 0 Å². The van der Waals surface area contributed by atoms with Crippen molar-refractivity contribution in [1.82, 2.24) is 0 Å². The van der Waals surface area contributed by atoms with E-state index in [-0.39, 0.29) is 5.57 Å². The lowest BCUT2D eigenvalue weighted by atomic mass is 10.3. The molecular formula is C5H7IO3. The van der Waals surface area contributed by atoms with Crippen LogP contribution in [0, 0.1) is 0 Å². The second-order valence-corrected chi connectivity index (χ2v) is 3.60. The minimum atomic E-state index is -1.28. The van der Waals surface area contributed by atoms with Crippen LogP contribution in [0.3, 0.4) is 0 Å². The van der Waals surface area contributed by atoms with E-state index in [9.17, 15) is 7.86 Å². The summed E-state index contributed by atoms with van der Waals surface area (Å²) in [6.07, 6.45) is 0. The van der Waals surface area contributed by atoms with Crippen LogP contribution in [0.2, 0.25) is 0 Å². The summed E-state index contributed by atoms with van der Waals surface area (Å²) in [5.74, 6) is -0.983. The highest BCUT2D eigenvalue weighted by molar-refractivity contribution is 14.2. The summed E-state index contributed by atoms with van der Waals surface area (Å²) >= 11 is -1.28. The molecule has 0 aromatic rings. The second-order valence-electron chi connectivity index (χ2n) is 1.54. The zero-order chi connectivity index (χ0) is 7.44. The van der Waals surface area contributed by atoms with Gasteiger partial charge in [-0.3, -0.25) is 3.07 Å². The lowest BCUT2D eigenvalue weighted by Gasteiger charge is -1.90. The molecule has 0 aromatic heterocycles. The topological polar surface area (TPSA) is 54.4 Å². The van der Waals surface area contributed by atoms with Gasteiger partial charge in [-0.1, -0.05) is 0 Å². The standard InChI is InChI=1S/C5H7IO3/c1-3(5(7)8)4(2)6-9/h1-2H3,(H,7,8). The predicted molar refractivity (Wildman–Crippen MR) is 40.7 cm³/mol. The second kappa shape index (κ2) is 3.71. The number of carboxylic acid groups (broad SMARTS) is 1. The molecule has 0 aliphatic carbocycles. The van der Waals surface area contributed by atoms with Crippen LogP contribution in [0.15, 0.2) is 9.15 Å². The minimum absolute atomic E-state index is 0.206. The van der Waals surface area contributed by atoms with Gasteiger partial charge < -0.3 is 5.11 Å². The molecule has 0 atom stereocenters. The van der Waals surface area contributed by atoms with E-state index in [0.29, 0.717) is 3.58 Å². The van der Waals surface area contributed by atoms with Crippen LogP contribution in [0.5, 0.6) is 0 Å². The number of halogens is 1. The number of carboxylic acids is 1. The van der Waals surface area contributed by atoms with Crippen molar-refractivity contribution in [3.05, 3.63) is 9.15 Å². The van der Waals surface area contributed by atoms with Crippen molar-refractivity contribution < 1.29 is 13.0 Å². The predicted octanol–water partition coefficient (Wildman–Crippen LogP) is 1.68. The fourth-order valence-corrected chi connectivity index (χ4v) is 0.766. The molecule has 3 nitrogen and oxygen atoms in total. The summed E-state index contributed by atoms with van der Waals surface area (Å²) in [5, 5.41) is 8.30. The molecule has 0 radical (unpaired) electrons. The summed E-state index contributed by atoms with van der Waals surface area (Å²) in [5.41, 5.74) is 0.206. The van der Waals surface area contributed by atoms with Gasteiger partial charge in [-0.05, 0) is 13.8 Å². The molecular weight excluding hydrogens is 235 g/mol. The molecule has 0 fully saturated rings. The average molecular weight is 242 g/mol. The third-order valence-electron chi connectivity index (χ3n) is 0.953. The number of hydrogen-bond acceptors (Lipinski definition) is 2. The first-order chi connectivity index (χ1) is 4.09. The summed E-state index contributed by atoms with van der Waals surface area (Å²) in [4.78, 5) is 10.1. The Morgan fingerprint density at radius 3 is 2.00 bits per heavy atom. The molecule has 0 bridgehead atoms. The molecule has 1 N–H and O–H groups in total. The lowest BCUT2D eigenvalue weighted by Crippen LogP contribution is -1.96. The monoisotopic (exact) mass is 242 g/mol. The molecule has 0 amide bonds. The van der Waals surface area contributed by atoms with Gasteiger partial charge in [-0.25, -0.2) is 4.79 Å². The fraction of sp³-hybridized carbons (Fsp3) is 0.400. The molecule has 0 saturated heterocycles. The Bertz CT molecular complexity index is 171. The van der Waals surface area contributed by atoms with Crippen LogP contribution in [0.1, 0.15) is 13.8 Å². The van der Waals surface area contributed by atoms with Gasteiger partial charge in [0.1, 0.15) is 0 Å². The molecule has 0 saturated carbocycles. The van der Waals surface area contributed by atoms with Crippen LogP contribution >= 0.6 is 21.2 Å². The van der Waals surface area contributed by atoms with E-state index in [4.69, 9.17) is 5.11 Å². The molecule has 9 heavy (non-hydrogen) atoms. The van der Waals surface area contributed by atoms with Gasteiger partial charge in [-0.2, -0.15) is 0 Å². The fourth-order valence-electron chi connectivity index (χ4n) is 0.205. The van der Waals surface area contributed by atoms with E-state index in [2.05, 4.69) is 0 Å². The molecule has 0 heterocycles. The zero-order valence-corrected chi connectivity index (χ0v) is 7.30. The molecule has 0 aliphatic heterocycles. The molecule has 0 aromatic carbocycles. The highest BCUT2D eigenvalue weighted by Gasteiger charge is 2.03. The first-order valence-corrected chi connectivity index (χ1v) is 4.23. The SMILES string of the molecule is CC(I=O)=C(C)C(=O)O. The van der Waals surface area contributed by atoms with E-state index in [0.717, 1.165) is 0 Å². The Kier molecular flexibility index (Phi) is 3.60. The number of allylic oxidation sites excluding steroid dienone is 1. The zero-order valence-electron chi connectivity index (χ0n) is 5.14. The minimum Gasteiger partial charge on any atom is -0.478 e. The Balaban J connectivity index is 4.47. The molecule has 0 spiro atoms. The smallest absolute Gasteiger partial charge is 0.332 e. The quantitative estimate of drug-likeness (QED) is 0.592. The summed E-state index contributed by atoms with van der Waals surface area (Å²) < 4.78 is 10.7. The van der Waals surface area contributed by atoms with Gasteiger partial charge >= 0.3 is 5.97 Å². The highest BCUT2D eigenvalue weighted by Crippen LogP contribution is 2.15. The van der Waals surface area contributed by atoms with Gasteiger partial charge in [0.25, 0.3) is 0 Å². The Hall–Kier alpha value is -0.260. The summed E-state index contributed by atoms with van der Waals surface area (Å²) in [6.45, 7) is 3.03. The van der Waals surface area contributed by atoms with Crippen LogP contribution in [0.25, 0.3) is 0 Å². The number of aliphatic carboxylic acids is 1. The van der Waals surface area contributed by atoms with Gasteiger partial charge in [0.15, 0.2) is 21.2 Å². The van der Waals surface area contributed by atoms with Crippen LogP contribution in [0.4, 0.5) is 0 Å². The molecule has 4 heteroatoms. The lowest BCUT2D eigenvalue weighted by molar-refractivity contribution is -0.132. The summed E-state index contributed by atoms with van der Waals surface area (Å²) in [6, 6.07) is 0. The first-order valence-electron chi connectivity index (χ1n) is 2.27. The number of hydrogen-bond donors (Lipinski definition) is 1. The summed E-state index contributed by atoms with van der Waals surface area (Å²) in [7, 11) is 0. The Labute approximate surface area is 63.4 Å². The average Bonchev–Trinajstić information content (AvgIpc) is 1.84. The largest absolute Gasteiger partial charge is 0.478 e. The molecule has 0 unspecified atom stereocenters. The number of carbonyl (C=O) groups is 1. The third-order valence-corrected chi connectivity index (χ3v) is 2.42. The van der Waals surface area contributed by atoms with E-state index in [1.165, 1.54) is 6.92 Å². The van der Waals surface area contributed by atoms with Crippen molar-refractivity contribution in [3.8, 4) is 0 Å². The maximum Gasteiger partial charge on any atom is 0.332 e. The van der Waals surface area contributed by atoms with Crippen LogP contribution in [-0.4, -0.2) is 11.1 Å². The first kappa shape index (κ1) is 8.74. The van der Waals surface area contributed by atoms with Gasteiger partial charge in [0, 0.05) is 9.15 Å². The maximum atomic E-state index is 10.2. The normalized spacial score (nSPS) is 12.7. The Morgan fingerprint density at radius 1 is 1.44 bits per heavy atom.